The van der Waals surface area contributed by atoms with Gasteiger partial charge in [-0.3, -0.25) is 4.79 Å². The topological polar surface area (TPSA) is 61.4 Å². The van der Waals surface area contributed by atoms with Gasteiger partial charge in [0.2, 0.25) is 5.91 Å². The van der Waals surface area contributed by atoms with Crippen LogP contribution >= 0.6 is 0 Å². The van der Waals surface area contributed by atoms with Crippen LogP contribution in [0, 0.1) is 5.92 Å². The standard InChI is InChI=1S/C20H23N3O2/c1-14(2)18(22-20(25)21-16-9-4-3-5-10-16)19(24)23-13-12-15-8-6-7-11-17(15)23/h3-11,14,18H,12-13H2,1-2H3,(H2,21,22,25)/t18-/m0/s1. The normalized spacial score (nSPS) is 14.1. The second-order valence-electron chi connectivity index (χ2n) is 6.55. The number of nitrogens with zero attached hydrogens (tertiary/aromatic N) is 1. The van der Waals surface area contributed by atoms with E-state index in [2.05, 4.69) is 10.6 Å². The zero-order chi connectivity index (χ0) is 17.8. The van der Waals surface area contributed by atoms with Crippen molar-refractivity contribution in [2.75, 3.05) is 16.8 Å². The monoisotopic (exact) mass is 337 g/mol. The highest BCUT2D eigenvalue weighted by atomic mass is 16.2. The van der Waals surface area contributed by atoms with Crippen LogP contribution in [-0.2, 0) is 11.2 Å². The Morgan fingerprint density at radius 3 is 2.40 bits per heavy atom. The number of hydrogen-bond acceptors (Lipinski definition) is 2. The minimum atomic E-state index is -0.574. The lowest BCUT2D eigenvalue weighted by Crippen LogP contribution is -2.52. The lowest BCUT2D eigenvalue weighted by Gasteiger charge is -2.27. The SMILES string of the molecule is CC(C)[C@H](NC(=O)Nc1ccccc1)C(=O)N1CCc2ccccc21. The van der Waals surface area contributed by atoms with Crippen molar-refractivity contribution in [3.63, 3.8) is 0 Å². The van der Waals surface area contributed by atoms with Gasteiger partial charge in [-0.15, -0.1) is 0 Å². The summed E-state index contributed by atoms with van der Waals surface area (Å²) in [7, 11) is 0. The molecule has 1 aliphatic heterocycles. The molecule has 5 heteroatoms. The van der Waals surface area contributed by atoms with Gasteiger partial charge in [-0.25, -0.2) is 4.79 Å². The summed E-state index contributed by atoms with van der Waals surface area (Å²) in [5.74, 6) is -0.0788. The summed E-state index contributed by atoms with van der Waals surface area (Å²) in [6, 6.07) is 16.2. The van der Waals surface area contributed by atoms with Crippen LogP contribution in [0.3, 0.4) is 0 Å². The van der Waals surface area contributed by atoms with E-state index in [0.29, 0.717) is 12.2 Å². The van der Waals surface area contributed by atoms with Crippen molar-refractivity contribution in [1.29, 1.82) is 0 Å². The van der Waals surface area contributed by atoms with E-state index < -0.39 is 6.04 Å². The fourth-order valence-corrected chi connectivity index (χ4v) is 3.08. The molecule has 0 fully saturated rings. The molecular weight excluding hydrogens is 314 g/mol. The van der Waals surface area contributed by atoms with E-state index in [0.717, 1.165) is 12.1 Å². The predicted octanol–water partition coefficient (Wildman–Crippen LogP) is 3.42. The molecule has 5 nitrogen and oxygen atoms in total. The highest BCUT2D eigenvalue weighted by molar-refractivity contribution is 6.02. The van der Waals surface area contributed by atoms with E-state index in [1.54, 1.807) is 4.90 Å². The molecule has 1 atom stereocenters. The first kappa shape index (κ1) is 17.0. The van der Waals surface area contributed by atoms with Gasteiger partial charge < -0.3 is 15.5 Å². The van der Waals surface area contributed by atoms with Gasteiger partial charge in [0.25, 0.3) is 0 Å². The molecule has 0 aliphatic carbocycles. The number of amides is 3. The third-order valence-electron chi connectivity index (χ3n) is 4.40. The average Bonchev–Trinajstić information content (AvgIpc) is 3.04. The Labute approximate surface area is 148 Å². The van der Waals surface area contributed by atoms with E-state index in [1.807, 2.05) is 68.4 Å². The molecule has 0 aromatic heterocycles. The molecule has 0 bridgehead atoms. The molecule has 3 amide bonds. The van der Waals surface area contributed by atoms with E-state index in [4.69, 9.17) is 0 Å². The van der Waals surface area contributed by atoms with E-state index in [1.165, 1.54) is 5.56 Å². The molecule has 0 spiro atoms. The zero-order valence-corrected chi connectivity index (χ0v) is 14.5. The summed E-state index contributed by atoms with van der Waals surface area (Å²) < 4.78 is 0. The second-order valence-corrected chi connectivity index (χ2v) is 6.55. The van der Waals surface area contributed by atoms with Crippen LogP contribution in [0.5, 0.6) is 0 Å². The first-order chi connectivity index (χ1) is 12.1. The van der Waals surface area contributed by atoms with Gasteiger partial charge in [-0.1, -0.05) is 50.2 Å². The molecule has 130 valence electrons. The predicted molar refractivity (Wildman–Crippen MR) is 99.7 cm³/mol. The molecule has 0 radical (unpaired) electrons. The van der Waals surface area contributed by atoms with Crippen molar-refractivity contribution >= 4 is 23.3 Å². The Morgan fingerprint density at radius 1 is 1.00 bits per heavy atom. The molecule has 0 unspecified atom stereocenters. The molecule has 2 N–H and O–H groups in total. The Kier molecular flexibility index (Phi) is 5.03. The molecule has 2 aromatic carbocycles. The third-order valence-corrected chi connectivity index (χ3v) is 4.40. The minimum absolute atomic E-state index is 0.0122. The summed E-state index contributed by atoms with van der Waals surface area (Å²) in [5.41, 5.74) is 2.82. The Morgan fingerprint density at radius 2 is 1.68 bits per heavy atom. The number of rotatable bonds is 4. The van der Waals surface area contributed by atoms with E-state index in [-0.39, 0.29) is 17.9 Å². The number of benzene rings is 2. The van der Waals surface area contributed by atoms with Crippen LogP contribution in [0.15, 0.2) is 54.6 Å². The highest BCUT2D eigenvalue weighted by Gasteiger charge is 2.32. The number of urea groups is 1. The average molecular weight is 337 g/mol. The van der Waals surface area contributed by atoms with Crippen LogP contribution in [0.25, 0.3) is 0 Å². The van der Waals surface area contributed by atoms with Crippen molar-refractivity contribution in [2.24, 2.45) is 5.92 Å². The fraction of sp³-hybridized carbons (Fsp3) is 0.300. The summed E-state index contributed by atoms with van der Waals surface area (Å²) >= 11 is 0. The molecule has 25 heavy (non-hydrogen) atoms. The first-order valence-corrected chi connectivity index (χ1v) is 8.58. The Bertz CT molecular complexity index is 759. The van der Waals surface area contributed by atoms with Gasteiger partial charge in [0.1, 0.15) is 6.04 Å². The maximum absolute atomic E-state index is 13.0. The lowest BCUT2D eigenvalue weighted by molar-refractivity contribution is -0.121. The number of para-hydroxylation sites is 2. The Balaban J connectivity index is 1.71. The molecule has 0 saturated heterocycles. The number of anilines is 2. The van der Waals surface area contributed by atoms with E-state index in [9.17, 15) is 9.59 Å². The van der Waals surface area contributed by atoms with Crippen molar-refractivity contribution < 1.29 is 9.59 Å². The summed E-state index contributed by atoms with van der Waals surface area (Å²) in [4.78, 5) is 27.1. The molecular formula is C20H23N3O2. The van der Waals surface area contributed by atoms with Crippen molar-refractivity contribution in [3.05, 3.63) is 60.2 Å². The second kappa shape index (κ2) is 7.38. The van der Waals surface area contributed by atoms with Crippen molar-refractivity contribution in [3.8, 4) is 0 Å². The number of nitrogens with one attached hydrogen (secondary N) is 2. The van der Waals surface area contributed by atoms with Crippen molar-refractivity contribution in [2.45, 2.75) is 26.3 Å². The quantitative estimate of drug-likeness (QED) is 0.898. The number of carbonyl (C=O) groups excluding carboxylic acids is 2. The molecule has 2 aromatic rings. The maximum atomic E-state index is 13.0. The molecule has 3 rings (SSSR count). The minimum Gasteiger partial charge on any atom is -0.326 e. The van der Waals surface area contributed by atoms with Gasteiger partial charge in [0.15, 0.2) is 0 Å². The van der Waals surface area contributed by atoms with Crippen LogP contribution in [0.2, 0.25) is 0 Å². The third kappa shape index (κ3) is 3.82. The first-order valence-electron chi connectivity index (χ1n) is 8.58. The van der Waals surface area contributed by atoms with Gasteiger partial charge >= 0.3 is 6.03 Å². The molecule has 0 saturated carbocycles. The van der Waals surface area contributed by atoms with Crippen LogP contribution in [-0.4, -0.2) is 24.5 Å². The van der Waals surface area contributed by atoms with Crippen LogP contribution in [0.1, 0.15) is 19.4 Å². The number of fused-ring (bicyclic) bond motifs is 1. The van der Waals surface area contributed by atoms with Gasteiger partial charge in [-0.2, -0.15) is 0 Å². The van der Waals surface area contributed by atoms with Gasteiger partial charge in [0, 0.05) is 17.9 Å². The van der Waals surface area contributed by atoms with Gasteiger partial charge in [-0.05, 0) is 36.1 Å². The summed E-state index contributed by atoms with van der Waals surface area (Å²) in [5, 5.41) is 5.60. The maximum Gasteiger partial charge on any atom is 0.319 e. The van der Waals surface area contributed by atoms with E-state index >= 15 is 0 Å². The van der Waals surface area contributed by atoms with Crippen LogP contribution < -0.4 is 15.5 Å². The molecule has 1 aliphatic rings. The summed E-state index contributed by atoms with van der Waals surface area (Å²) in [6.07, 6.45) is 0.850. The largest absolute Gasteiger partial charge is 0.326 e. The Hall–Kier alpha value is -2.82. The number of hydrogen-bond donors (Lipinski definition) is 2. The highest BCUT2D eigenvalue weighted by Crippen LogP contribution is 2.28. The summed E-state index contributed by atoms with van der Waals surface area (Å²) in [6.45, 7) is 4.53. The molecule has 1 heterocycles. The number of carbonyl (C=O) groups is 2. The smallest absolute Gasteiger partial charge is 0.319 e. The van der Waals surface area contributed by atoms with Crippen LogP contribution in [0.4, 0.5) is 16.2 Å². The van der Waals surface area contributed by atoms with Gasteiger partial charge in [0.05, 0.1) is 0 Å². The van der Waals surface area contributed by atoms with Crippen molar-refractivity contribution in [1.82, 2.24) is 5.32 Å². The fourth-order valence-electron chi connectivity index (χ4n) is 3.08. The lowest BCUT2D eigenvalue weighted by atomic mass is 10.0. The zero-order valence-electron chi connectivity index (χ0n) is 14.5.